The third-order valence-corrected chi connectivity index (χ3v) is 8.17. The minimum Gasteiger partial charge on any atom is -0.481 e. The molecule has 3 aromatic heterocycles. The number of carbonyl (C=O) groups excluding carboxylic acids is 1. The molecule has 1 amide bonds. The molecule has 0 aliphatic heterocycles. The number of aliphatic carboxylic acids is 1. The summed E-state index contributed by atoms with van der Waals surface area (Å²) in [4.78, 5) is 29.4. The Bertz CT molecular complexity index is 1360. The third-order valence-electron chi connectivity index (χ3n) is 6.15. The summed E-state index contributed by atoms with van der Waals surface area (Å²) in [6, 6.07) is 15.0. The number of nitrogens with zero attached hydrogens (tertiary/aromatic N) is 1. The fourth-order valence-corrected chi connectivity index (χ4v) is 5.87. The van der Waals surface area contributed by atoms with Crippen LogP contribution in [-0.4, -0.2) is 22.2 Å². The average molecular weight is 525 g/mol. The Morgan fingerprint density at radius 3 is 2.49 bits per heavy atom. The van der Waals surface area contributed by atoms with Gasteiger partial charge in [-0.3, -0.25) is 15.1 Å². The first kappa shape index (κ1) is 23.5. The lowest BCUT2D eigenvalue weighted by Crippen LogP contribution is -2.19. The number of hydrogen-bond donors (Lipinski definition) is 2. The van der Waals surface area contributed by atoms with Crippen LogP contribution in [0.1, 0.15) is 37.0 Å². The highest BCUT2D eigenvalue weighted by atomic mass is 35.5. The third kappa shape index (κ3) is 4.82. The summed E-state index contributed by atoms with van der Waals surface area (Å²) in [7, 11) is 0. The number of halogens is 1. The van der Waals surface area contributed by atoms with Crippen LogP contribution in [0, 0.1) is 0 Å². The van der Waals surface area contributed by atoms with E-state index in [1.54, 1.807) is 23.6 Å². The van der Waals surface area contributed by atoms with Gasteiger partial charge in [0.1, 0.15) is 6.10 Å². The van der Waals surface area contributed by atoms with Crippen LogP contribution in [0.4, 0.5) is 10.5 Å². The molecule has 4 aromatic rings. The fourth-order valence-electron chi connectivity index (χ4n) is 3.95. The summed E-state index contributed by atoms with van der Waals surface area (Å²) in [5.74, 6) is -0.767. The van der Waals surface area contributed by atoms with Crippen molar-refractivity contribution in [3.05, 3.63) is 81.0 Å². The van der Waals surface area contributed by atoms with E-state index in [0.717, 1.165) is 32.8 Å². The highest BCUT2D eigenvalue weighted by Gasteiger charge is 2.51. The van der Waals surface area contributed by atoms with Gasteiger partial charge in [-0.25, -0.2) is 4.79 Å². The van der Waals surface area contributed by atoms with Crippen molar-refractivity contribution in [2.75, 3.05) is 5.32 Å². The Hall–Kier alpha value is -3.20. The maximum atomic E-state index is 12.5. The van der Waals surface area contributed by atoms with E-state index in [4.69, 9.17) is 16.3 Å². The molecular weight excluding hydrogens is 504 g/mol. The number of anilines is 1. The highest BCUT2D eigenvalue weighted by molar-refractivity contribution is 7.20. The van der Waals surface area contributed by atoms with Crippen molar-refractivity contribution in [2.45, 2.75) is 31.3 Å². The first-order valence-electron chi connectivity index (χ1n) is 11.0. The summed E-state index contributed by atoms with van der Waals surface area (Å²) in [6.45, 7) is 1.82. The molecule has 9 heteroatoms. The number of ether oxygens (including phenoxy) is 1. The number of nitrogens with one attached hydrogen (secondary N) is 1. The van der Waals surface area contributed by atoms with Gasteiger partial charge in [-0.2, -0.15) is 11.3 Å². The van der Waals surface area contributed by atoms with E-state index < -0.39 is 17.5 Å². The van der Waals surface area contributed by atoms with Crippen LogP contribution in [0.5, 0.6) is 0 Å². The van der Waals surface area contributed by atoms with Crippen molar-refractivity contribution < 1.29 is 19.4 Å². The maximum Gasteiger partial charge on any atom is 0.412 e. The fraction of sp³-hybridized carbons (Fsp3) is 0.192. The van der Waals surface area contributed by atoms with Crippen LogP contribution in [0.3, 0.4) is 0 Å². The number of thiophene rings is 2. The normalized spacial score (nSPS) is 14.8. The zero-order valence-electron chi connectivity index (χ0n) is 18.7. The Morgan fingerprint density at radius 1 is 1.14 bits per heavy atom. The van der Waals surface area contributed by atoms with Gasteiger partial charge in [0.25, 0.3) is 0 Å². The van der Waals surface area contributed by atoms with Gasteiger partial charge >= 0.3 is 12.1 Å². The second-order valence-corrected chi connectivity index (χ2v) is 10.9. The molecule has 3 heterocycles. The van der Waals surface area contributed by atoms with Gasteiger partial charge in [0.15, 0.2) is 0 Å². The van der Waals surface area contributed by atoms with E-state index in [9.17, 15) is 14.7 Å². The van der Waals surface area contributed by atoms with Crippen molar-refractivity contribution in [1.29, 1.82) is 0 Å². The monoisotopic (exact) mass is 524 g/mol. The number of carboxylic acids is 1. The van der Waals surface area contributed by atoms with Crippen LogP contribution in [-0.2, 0) is 14.9 Å². The molecule has 1 fully saturated rings. The van der Waals surface area contributed by atoms with Crippen molar-refractivity contribution >= 4 is 52.0 Å². The average Bonchev–Trinajstić information content (AvgIpc) is 3.32. The molecule has 1 atom stereocenters. The van der Waals surface area contributed by atoms with E-state index in [2.05, 4.69) is 10.3 Å². The molecular formula is C26H21ClN2O4S2. The van der Waals surface area contributed by atoms with Gasteiger partial charge < -0.3 is 9.84 Å². The molecule has 1 aromatic carbocycles. The molecule has 2 N–H and O–H groups in total. The molecule has 178 valence electrons. The lowest BCUT2D eigenvalue weighted by Gasteiger charge is -2.13. The zero-order valence-corrected chi connectivity index (χ0v) is 21.0. The summed E-state index contributed by atoms with van der Waals surface area (Å²) < 4.78 is 6.03. The molecule has 1 unspecified atom stereocenters. The first-order valence-corrected chi connectivity index (χ1v) is 13.1. The molecule has 35 heavy (non-hydrogen) atoms. The van der Waals surface area contributed by atoms with Gasteiger partial charge in [-0.1, -0.05) is 35.9 Å². The van der Waals surface area contributed by atoms with Gasteiger partial charge in [-0.05, 0) is 60.4 Å². The van der Waals surface area contributed by atoms with Crippen molar-refractivity contribution in [3.63, 3.8) is 0 Å². The smallest absolute Gasteiger partial charge is 0.412 e. The van der Waals surface area contributed by atoms with Gasteiger partial charge in [0.2, 0.25) is 0 Å². The molecule has 0 bridgehead atoms. The first-order chi connectivity index (χ1) is 16.9. The van der Waals surface area contributed by atoms with Crippen LogP contribution in [0.25, 0.3) is 21.7 Å². The quantitative estimate of drug-likeness (QED) is 0.259. The molecule has 1 saturated carbocycles. The van der Waals surface area contributed by atoms with Crippen molar-refractivity contribution in [2.24, 2.45) is 0 Å². The second-order valence-electron chi connectivity index (χ2n) is 8.42. The van der Waals surface area contributed by atoms with Gasteiger partial charge in [0, 0.05) is 22.9 Å². The number of carbonyl (C=O) groups is 2. The number of rotatable bonds is 7. The highest BCUT2D eigenvalue weighted by Crippen LogP contribution is 2.48. The minimum absolute atomic E-state index is 0.364. The van der Waals surface area contributed by atoms with E-state index in [-0.39, 0.29) is 6.10 Å². The van der Waals surface area contributed by atoms with Crippen LogP contribution >= 0.6 is 34.3 Å². The number of amides is 1. The predicted octanol–water partition coefficient (Wildman–Crippen LogP) is 7.62. The van der Waals surface area contributed by atoms with Crippen molar-refractivity contribution in [3.8, 4) is 21.7 Å². The van der Waals surface area contributed by atoms with Gasteiger partial charge in [-0.15, -0.1) is 11.3 Å². The molecule has 1 aliphatic carbocycles. The van der Waals surface area contributed by atoms with Crippen LogP contribution in [0.2, 0.25) is 4.34 Å². The van der Waals surface area contributed by atoms with E-state index in [1.807, 2.05) is 60.1 Å². The Balaban J connectivity index is 1.31. The van der Waals surface area contributed by atoms with Crippen LogP contribution < -0.4 is 5.32 Å². The van der Waals surface area contributed by atoms with Crippen molar-refractivity contribution in [1.82, 2.24) is 4.98 Å². The van der Waals surface area contributed by atoms with E-state index >= 15 is 0 Å². The van der Waals surface area contributed by atoms with E-state index in [0.29, 0.717) is 22.9 Å². The molecule has 0 saturated heterocycles. The number of aromatic nitrogens is 1. The Labute approximate surface area is 215 Å². The van der Waals surface area contributed by atoms with E-state index in [1.165, 1.54) is 11.3 Å². The number of carboxylic acid groups (broad SMARTS) is 1. The van der Waals surface area contributed by atoms with Crippen LogP contribution in [0.15, 0.2) is 65.5 Å². The minimum atomic E-state index is -0.767. The molecule has 5 rings (SSSR count). The lowest BCUT2D eigenvalue weighted by molar-refractivity contribution is -0.140. The summed E-state index contributed by atoms with van der Waals surface area (Å²) in [6.07, 6.45) is 2.16. The maximum absolute atomic E-state index is 12.5. The summed E-state index contributed by atoms with van der Waals surface area (Å²) in [5.41, 5.74) is 4.08. The summed E-state index contributed by atoms with van der Waals surface area (Å²) >= 11 is 9.15. The summed E-state index contributed by atoms with van der Waals surface area (Å²) in [5, 5.41) is 16.2. The Morgan fingerprint density at radius 2 is 1.89 bits per heavy atom. The Kier molecular flexibility index (Phi) is 6.35. The number of pyridine rings is 1. The predicted molar refractivity (Wildman–Crippen MR) is 139 cm³/mol. The molecule has 1 aliphatic rings. The molecule has 6 nitrogen and oxygen atoms in total. The standard InChI is InChI=1S/C26H21ClN2O4S2/c1-15(18-8-11-34-14-18)33-25(32)29-21-12-22(27)35-23(21)17-4-7-20(28-13-17)16-2-5-19(6-3-16)26(9-10-26)24(30)31/h2-8,11-15H,9-10H2,1H3,(H,29,32)(H,30,31). The second kappa shape index (κ2) is 9.45. The largest absolute Gasteiger partial charge is 0.481 e. The SMILES string of the molecule is CC(OC(=O)Nc1cc(Cl)sc1-c1ccc(-c2ccc(C3(C(=O)O)CC3)cc2)nc1)c1ccsc1. The van der Waals surface area contributed by atoms with Gasteiger partial charge in [0.05, 0.1) is 26.0 Å². The lowest BCUT2D eigenvalue weighted by atomic mass is 9.94. The zero-order chi connectivity index (χ0) is 24.6. The number of benzene rings is 1. The topological polar surface area (TPSA) is 88.5 Å². The molecule has 0 spiro atoms. The molecule has 0 radical (unpaired) electrons. The number of hydrogen-bond acceptors (Lipinski definition) is 6.